The summed E-state index contributed by atoms with van der Waals surface area (Å²) in [6.45, 7) is 31.5. The van der Waals surface area contributed by atoms with E-state index in [-0.39, 0.29) is 33.8 Å². The SMILES string of the molecule is Cc1cccc(N(c2cc3c4c(c2)N(c2cccc5c2sc2ccccc25)c2ccc(C(C)(C)C)cc2B4c2sc4cc5c(cc4c2N3c2ccc3c(c2)C(C)(C)CCC3(C)C)C(C)(C)CCC5(C)C)c2ccccc2C)c1. The van der Waals surface area contributed by atoms with Crippen molar-refractivity contribution >= 4 is 127 Å². The van der Waals surface area contributed by atoms with Gasteiger partial charge in [-0.05, 0) is 189 Å². The summed E-state index contributed by atoms with van der Waals surface area (Å²) in [5.41, 5.74) is 23.7. The Morgan fingerprint density at radius 1 is 0.487 bits per heavy atom. The highest BCUT2D eigenvalue weighted by Crippen LogP contribution is 2.56. The van der Waals surface area contributed by atoms with Gasteiger partial charge in [-0.2, -0.15) is 0 Å². The third-order valence-electron chi connectivity index (χ3n) is 19.1. The number of nitrogens with zero attached hydrogens (tertiary/aromatic N) is 3. The van der Waals surface area contributed by atoms with Crippen LogP contribution in [0.2, 0.25) is 0 Å². The molecule has 0 unspecified atom stereocenters. The predicted octanol–water partition coefficient (Wildman–Crippen LogP) is 19.4. The summed E-state index contributed by atoms with van der Waals surface area (Å²) >= 11 is 3.98. The Morgan fingerprint density at radius 3 is 1.85 bits per heavy atom. The molecule has 4 heterocycles. The van der Waals surface area contributed by atoms with Crippen molar-refractivity contribution < 1.29 is 0 Å². The van der Waals surface area contributed by atoms with Gasteiger partial charge in [0, 0.05) is 64.5 Å². The fourth-order valence-electron chi connectivity index (χ4n) is 14.3. The first-order chi connectivity index (χ1) is 37.1. The second-order valence-electron chi connectivity index (χ2n) is 27.2. The van der Waals surface area contributed by atoms with E-state index in [1.807, 2.05) is 11.3 Å². The van der Waals surface area contributed by atoms with E-state index in [4.69, 9.17) is 0 Å². The minimum absolute atomic E-state index is 0.0174. The Balaban J connectivity index is 1.17. The van der Waals surface area contributed by atoms with Gasteiger partial charge in [-0.25, -0.2) is 0 Å². The summed E-state index contributed by atoms with van der Waals surface area (Å²) in [4.78, 5) is 7.99. The van der Waals surface area contributed by atoms with E-state index in [2.05, 4.69) is 268 Å². The number of hydrogen-bond donors (Lipinski definition) is 0. The molecule has 10 aromatic rings. The second kappa shape index (κ2) is 17.0. The minimum Gasteiger partial charge on any atom is -0.310 e. The molecule has 8 aromatic carbocycles. The van der Waals surface area contributed by atoms with Gasteiger partial charge in [0.25, 0.3) is 6.71 Å². The fraction of sp³-hybridized carbons (Fsp3) is 0.306. The Kier molecular flexibility index (Phi) is 10.8. The van der Waals surface area contributed by atoms with Crippen LogP contribution >= 0.6 is 22.7 Å². The smallest absolute Gasteiger partial charge is 0.264 e. The van der Waals surface area contributed by atoms with Gasteiger partial charge in [0.05, 0.1) is 21.8 Å². The molecule has 0 fully saturated rings. The van der Waals surface area contributed by atoms with Crippen LogP contribution < -0.4 is 30.4 Å². The van der Waals surface area contributed by atoms with Crippen molar-refractivity contribution in [1.82, 2.24) is 0 Å². The molecular weight excluding hydrogens is 982 g/mol. The average Bonchev–Trinajstić information content (AvgIpc) is 3.87. The summed E-state index contributed by atoms with van der Waals surface area (Å²) in [5, 5.41) is 3.99. The van der Waals surface area contributed by atoms with Crippen molar-refractivity contribution in [2.75, 3.05) is 14.7 Å². The zero-order chi connectivity index (χ0) is 54.2. The molecular formula is C72H72BN3S2. The minimum atomic E-state index is -0.0657. The van der Waals surface area contributed by atoms with Gasteiger partial charge in [0.1, 0.15) is 0 Å². The summed E-state index contributed by atoms with van der Waals surface area (Å²) in [7, 11) is 0. The molecule has 0 spiro atoms. The first-order valence-electron chi connectivity index (χ1n) is 28.6. The Hall–Kier alpha value is -6.60. The van der Waals surface area contributed by atoms with E-state index in [0.717, 1.165) is 17.8 Å². The lowest BCUT2D eigenvalue weighted by molar-refractivity contribution is 0.332. The van der Waals surface area contributed by atoms with Crippen molar-refractivity contribution in [2.24, 2.45) is 0 Å². The zero-order valence-electron chi connectivity index (χ0n) is 48.0. The van der Waals surface area contributed by atoms with E-state index in [1.165, 1.54) is 144 Å². The average molecular weight is 1050 g/mol. The molecule has 0 bridgehead atoms. The lowest BCUT2D eigenvalue weighted by Crippen LogP contribution is -2.60. The maximum absolute atomic E-state index is 2.77. The predicted molar refractivity (Wildman–Crippen MR) is 342 cm³/mol. The number of hydrogen-bond acceptors (Lipinski definition) is 5. The van der Waals surface area contributed by atoms with Crippen molar-refractivity contribution in [3.63, 3.8) is 0 Å². The molecule has 3 nitrogen and oxygen atoms in total. The first kappa shape index (κ1) is 49.7. The number of fused-ring (bicyclic) bond motifs is 11. The fourth-order valence-corrected chi connectivity index (χ4v) is 16.8. The molecule has 78 heavy (non-hydrogen) atoms. The second-order valence-corrected chi connectivity index (χ2v) is 29.3. The first-order valence-corrected chi connectivity index (χ1v) is 30.2. The van der Waals surface area contributed by atoms with Crippen LogP contribution in [-0.4, -0.2) is 6.71 Å². The van der Waals surface area contributed by atoms with E-state index in [1.54, 1.807) is 0 Å². The summed E-state index contributed by atoms with van der Waals surface area (Å²) in [6.07, 6.45) is 4.68. The molecule has 390 valence electrons. The molecule has 0 radical (unpaired) electrons. The molecule has 0 saturated heterocycles. The van der Waals surface area contributed by atoms with Crippen LogP contribution in [-0.2, 0) is 27.1 Å². The summed E-state index contributed by atoms with van der Waals surface area (Å²) in [6, 6.07) is 59.7. The van der Waals surface area contributed by atoms with Gasteiger partial charge >= 0.3 is 0 Å². The highest BCUT2D eigenvalue weighted by molar-refractivity contribution is 7.33. The topological polar surface area (TPSA) is 9.72 Å². The molecule has 2 aromatic heterocycles. The largest absolute Gasteiger partial charge is 0.310 e. The third kappa shape index (κ3) is 7.41. The number of anilines is 9. The number of aryl methyl sites for hydroxylation is 2. The lowest BCUT2D eigenvalue weighted by Gasteiger charge is -2.46. The molecule has 6 heteroatoms. The number of rotatable bonds is 5. The van der Waals surface area contributed by atoms with Gasteiger partial charge in [0.2, 0.25) is 0 Å². The quantitative estimate of drug-likeness (QED) is 0.159. The number of thiophene rings is 2. The zero-order valence-corrected chi connectivity index (χ0v) is 49.6. The highest BCUT2D eigenvalue weighted by atomic mass is 32.1. The molecule has 0 amide bonds. The maximum atomic E-state index is 2.77. The van der Waals surface area contributed by atoms with Gasteiger partial charge in [-0.3, -0.25) is 0 Å². The van der Waals surface area contributed by atoms with Crippen LogP contribution in [0.25, 0.3) is 30.3 Å². The van der Waals surface area contributed by atoms with Crippen molar-refractivity contribution in [1.29, 1.82) is 0 Å². The van der Waals surface area contributed by atoms with E-state index >= 15 is 0 Å². The van der Waals surface area contributed by atoms with Crippen molar-refractivity contribution in [3.05, 3.63) is 191 Å². The van der Waals surface area contributed by atoms with Crippen LogP contribution in [0.15, 0.2) is 152 Å². The van der Waals surface area contributed by atoms with Gasteiger partial charge < -0.3 is 14.7 Å². The molecule has 0 saturated carbocycles. The van der Waals surface area contributed by atoms with Gasteiger partial charge in [-0.1, -0.05) is 155 Å². The van der Waals surface area contributed by atoms with E-state index < -0.39 is 0 Å². The van der Waals surface area contributed by atoms with Crippen LogP contribution in [0, 0.1) is 13.8 Å². The Bertz CT molecular complexity index is 4160. The van der Waals surface area contributed by atoms with Crippen molar-refractivity contribution in [2.45, 2.75) is 143 Å². The molecule has 2 aliphatic carbocycles. The third-order valence-corrected chi connectivity index (χ3v) is 21.5. The monoisotopic (exact) mass is 1050 g/mol. The van der Waals surface area contributed by atoms with Crippen LogP contribution in [0.1, 0.15) is 141 Å². The summed E-state index contributed by atoms with van der Waals surface area (Å²) in [5.74, 6) is 0. The molecule has 14 rings (SSSR count). The standard InChI is InChI=1S/C72H72BN3S2/c1-43-20-18-22-46(36-43)74(57-25-16-14-21-44(57)2)48-39-60-64-61(40-48)76(59-26-19-24-50-49-23-15-17-27-62(49)77-66(50)59)58-31-28-45(68(3,4)5)37-56(58)73(64)67-65(51-41-54-55(42-63(51)78-67)72(12,13)35-34-71(54,10)11)75(60)47-29-30-52-53(38-47)70(8,9)33-32-69(52,6)7/h14-31,36-42H,32-35H2,1-13H3. The van der Waals surface area contributed by atoms with Gasteiger partial charge in [-0.15, -0.1) is 22.7 Å². The van der Waals surface area contributed by atoms with Crippen LogP contribution in [0.5, 0.6) is 0 Å². The lowest BCUT2D eigenvalue weighted by atomic mass is 9.36. The molecule has 4 aliphatic rings. The number of benzene rings is 8. The molecule has 2 aliphatic heterocycles. The van der Waals surface area contributed by atoms with Crippen LogP contribution in [0.3, 0.4) is 0 Å². The summed E-state index contributed by atoms with van der Waals surface area (Å²) < 4.78 is 5.44. The van der Waals surface area contributed by atoms with E-state index in [9.17, 15) is 0 Å². The number of para-hydroxylation sites is 1. The van der Waals surface area contributed by atoms with E-state index in [0.29, 0.717) is 0 Å². The molecule has 0 atom stereocenters. The van der Waals surface area contributed by atoms with Crippen LogP contribution in [0.4, 0.5) is 51.2 Å². The molecule has 0 N–H and O–H groups in total. The highest BCUT2D eigenvalue weighted by Gasteiger charge is 2.48. The maximum Gasteiger partial charge on any atom is 0.264 e. The Labute approximate surface area is 471 Å². The van der Waals surface area contributed by atoms with Crippen molar-refractivity contribution in [3.8, 4) is 0 Å². The van der Waals surface area contributed by atoms with Gasteiger partial charge in [0.15, 0.2) is 0 Å². The Morgan fingerprint density at radius 2 is 1.13 bits per heavy atom. The normalized spacial score (nSPS) is 17.4.